The van der Waals surface area contributed by atoms with Gasteiger partial charge in [0, 0.05) is 22.7 Å². The molecule has 0 aliphatic carbocycles. The van der Waals surface area contributed by atoms with E-state index >= 15 is 0 Å². The minimum absolute atomic E-state index is 0.0603. The van der Waals surface area contributed by atoms with Crippen molar-refractivity contribution in [1.82, 2.24) is 19.9 Å². The zero-order valence-corrected chi connectivity index (χ0v) is 21.7. The van der Waals surface area contributed by atoms with Crippen LogP contribution in [-0.2, 0) is 10.0 Å². The molecule has 0 aliphatic heterocycles. The highest BCUT2D eigenvalue weighted by Crippen LogP contribution is 2.44. The zero-order chi connectivity index (χ0) is 26.6. The van der Waals surface area contributed by atoms with Crippen molar-refractivity contribution < 1.29 is 32.5 Å². The monoisotopic (exact) mass is 545 g/mol. The van der Waals surface area contributed by atoms with Crippen LogP contribution in [0.5, 0.6) is 29.0 Å². The smallest absolute Gasteiger partial charge is 0.265 e. The van der Waals surface area contributed by atoms with Crippen LogP contribution >= 0.6 is 11.3 Å². The lowest BCUT2D eigenvalue weighted by Gasteiger charge is -2.16. The number of thiazole rings is 1. The quantitative estimate of drug-likeness (QED) is 0.300. The second kappa shape index (κ2) is 11.0. The van der Waals surface area contributed by atoms with Crippen molar-refractivity contribution in [3.8, 4) is 51.8 Å². The third-order valence-corrected chi connectivity index (χ3v) is 7.18. The van der Waals surface area contributed by atoms with Crippen LogP contribution < -0.4 is 24.1 Å². The van der Waals surface area contributed by atoms with Crippen molar-refractivity contribution >= 4 is 21.4 Å². The number of para-hydroxylation sites is 2. The second-order valence-electron chi connectivity index (χ2n) is 7.37. The first-order valence-electron chi connectivity index (χ1n) is 10.7. The SMILES string of the molecule is COc1ccccc1Oc1c(OC)nc(-c2ccnc(OCCO)c2)nc1-c1nc(S(N)(=O)=O)sc1C. The fourth-order valence-electron chi connectivity index (χ4n) is 3.25. The Bertz CT molecular complexity index is 1530. The van der Waals surface area contributed by atoms with Gasteiger partial charge in [-0.2, -0.15) is 4.98 Å². The van der Waals surface area contributed by atoms with E-state index in [1.807, 2.05) is 0 Å². The fraction of sp³-hybridized carbons (Fsp3) is 0.217. The van der Waals surface area contributed by atoms with Gasteiger partial charge in [0.2, 0.25) is 16.0 Å². The van der Waals surface area contributed by atoms with Gasteiger partial charge in [0.05, 0.1) is 20.8 Å². The number of sulfonamides is 1. The number of aromatic nitrogens is 4. The third kappa shape index (κ3) is 5.77. The van der Waals surface area contributed by atoms with Crippen LogP contribution in [0.25, 0.3) is 22.8 Å². The molecule has 0 spiro atoms. The summed E-state index contributed by atoms with van der Waals surface area (Å²) in [6.07, 6.45) is 1.50. The molecule has 0 saturated heterocycles. The van der Waals surface area contributed by atoms with Gasteiger partial charge in [0.1, 0.15) is 18.0 Å². The topological polar surface area (TPSA) is 169 Å². The Morgan fingerprint density at radius 2 is 1.78 bits per heavy atom. The maximum atomic E-state index is 12.0. The fourth-order valence-corrected chi connectivity index (χ4v) is 4.95. The van der Waals surface area contributed by atoms with E-state index < -0.39 is 10.0 Å². The average Bonchev–Trinajstić information content (AvgIpc) is 3.30. The number of aliphatic hydroxyl groups is 1. The van der Waals surface area contributed by atoms with Crippen LogP contribution in [0.1, 0.15) is 4.88 Å². The Balaban J connectivity index is 1.94. The van der Waals surface area contributed by atoms with Gasteiger partial charge in [-0.15, -0.1) is 11.3 Å². The molecule has 0 bridgehead atoms. The highest BCUT2D eigenvalue weighted by Gasteiger charge is 2.27. The van der Waals surface area contributed by atoms with Crippen LogP contribution in [0.3, 0.4) is 0 Å². The van der Waals surface area contributed by atoms with Crippen molar-refractivity contribution in [2.24, 2.45) is 5.14 Å². The molecule has 3 N–H and O–H groups in total. The third-order valence-electron chi connectivity index (χ3n) is 4.89. The van der Waals surface area contributed by atoms with E-state index in [9.17, 15) is 8.42 Å². The number of primary sulfonamides is 1. The van der Waals surface area contributed by atoms with Gasteiger partial charge >= 0.3 is 0 Å². The molecule has 4 rings (SSSR count). The molecule has 14 heteroatoms. The first-order valence-corrected chi connectivity index (χ1v) is 13.1. The van der Waals surface area contributed by atoms with E-state index in [-0.39, 0.29) is 52.3 Å². The number of ether oxygens (including phenoxy) is 4. The molecule has 194 valence electrons. The number of methoxy groups -OCH3 is 2. The lowest BCUT2D eigenvalue weighted by atomic mass is 10.2. The summed E-state index contributed by atoms with van der Waals surface area (Å²) in [6.45, 7) is 1.58. The Hall–Kier alpha value is -3.85. The standard InChI is InChI=1S/C23H23N5O7S2/c1-13-18(27-23(36-13)37(24,30)31)19-20(35-16-7-5-4-6-15(16)32-2)22(33-3)28-21(26-19)14-8-9-25-17(12-14)34-11-10-29/h4-9,12,29H,10-11H2,1-3H3,(H2,24,30,31). The molecule has 0 saturated carbocycles. The highest BCUT2D eigenvalue weighted by atomic mass is 32.2. The summed E-state index contributed by atoms with van der Waals surface area (Å²) in [4.78, 5) is 18.1. The Morgan fingerprint density at radius 1 is 1.03 bits per heavy atom. The van der Waals surface area contributed by atoms with Crippen molar-refractivity contribution in [3.05, 3.63) is 47.5 Å². The Morgan fingerprint density at radius 3 is 2.43 bits per heavy atom. The van der Waals surface area contributed by atoms with Crippen LogP contribution in [-0.4, -0.2) is 60.9 Å². The van der Waals surface area contributed by atoms with E-state index in [2.05, 4.69) is 19.9 Å². The predicted molar refractivity (Wildman–Crippen MR) is 135 cm³/mol. The summed E-state index contributed by atoms with van der Waals surface area (Å²) < 4.78 is 46.3. The van der Waals surface area contributed by atoms with E-state index in [4.69, 9.17) is 29.2 Å². The van der Waals surface area contributed by atoms with E-state index in [1.165, 1.54) is 20.4 Å². The lowest BCUT2D eigenvalue weighted by molar-refractivity contribution is 0.197. The highest BCUT2D eigenvalue weighted by molar-refractivity contribution is 7.91. The molecule has 0 atom stereocenters. The van der Waals surface area contributed by atoms with Crippen LogP contribution in [0.4, 0.5) is 0 Å². The minimum atomic E-state index is -4.06. The molecule has 12 nitrogen and oxygen atoms in total. The first kappa shape index (κ1) is 26.2. The lowest BCUT2D eigenvalue weighted by Crippen LogP contribution is -2.11. The largest absolute Gasteiger partial charge is 0.493 e. The molecule has 3 heterocycles. The number of nitrogens with zero attached hydrogens (tertiary/aromatic N) is 4. The van der Waals surface area contributed by atoms with E-state index in [0.29, 0.717) is 21.9 Å². The molecule has 4 aromatic rings. The van der Waals surface area contributed by atoms with Crippen LogP contribution in [0.15, 0.2) is 46.9 Å². The van der Waals surface area contributed by atoms with E-state index in [0.717, 1.165) is 11.3 Å². The number of hydrogen-bond acceptors (Lipinski definition) is 12. The Labute approximate surface area is 216 Å². The van der Waals surface area contributed by atoms with Gasteiger partial charge in [-0.05, 0) is 25.1 Å². The molecule has 0 aliphatic rings. The van der Waals surface area contributed by atoms with Crippen molar-refractivity contribution in [3.63, 3.8) is 0 Å². The van der Waals surface area contributed by atoms with Crippen molar-refractivity contribution in [2.45, 2.75) is 11.3 Å². The minimum Gasteiger partial charge on any atom is -0.493 e. The van der Waals surface area contributed by atoms with Gasteiger partial charge in [0.25, 0.3) is 15.9 Å². The summed E-state index contributed by atoms with van der Waals surface area (Å²) in [7, 11) is -1.14. The number of pyridine rings is 1. The average molecular weight is 546 g/mol. The number of nitrogens with two attached hydrogens (primary N) is 1. The summed E-state index contributed by atoms with van der Waals surface area (Å²) in [5.74, 6) is 1.41. The van der Waals surface area contributed by atoms with Gasteiger partial charge in [0.15, 0.2) is 17.3 Å². The molecule has 0 unspecified atom stereocenters. The normalized spacial score (nSPS) is 11.3. The second-order valence-corrected chi connectivity index (χ2v) is 10.3. The first-order chi connectivity index (χ1) is 17.7. The molecule has 0 radical (unpaired) electrons. The summed E-state index contributed by atoms with van der Waals surface area (Å²) in [5, 5.41) is 14.4. The van der Waals surface area contributed by atoms with Gasteiger partial charge in [-0.25, -0.2) is 28.5 Å². The van der Waals surface area contributed by atoms with Gasteiger partial charge in [-0.1, -0.05) is 12.1 Å². The predicted octanol–water partition coefficient (Wildman–Crippen LogP) is 2.80. The molecule has 3 aromatic heterocycles. The Kier molecular flexibility index (Phi) is 7.83. The number of hydrogen-bond donors (Lipinski definition) is 2. The van der Waals surface area contributed by atoms with Crippen molar-refractivity contribution in [2.75, 3.05) is 27.4 Å². The number of rotatable bonds is 10. The summed E-state index contributed by atoms with van der Waals surface area (Å²) in [5.41, 5.74) is 0.920. The molecular weight excluding hydrogens is 522 g/mol. The van der Waals surface area contributed by atoms with Crippen LogP contribution in [0, 0.1) is 6.92 Å². The summed E-state index contributed by atoms with van der Waals surface area (Å²) in [6, 6.07) is 10.2. The molecule has 1 aromatic carbocycles. The maximum Gasteiger partial charge on any atom is 0.265 e. The molecular formula is C23H23N5O7S2. The number of benzene rings is 1. The molecule has 0 fully saturated rings. The van der Waals surface area contributed by atoms with Gasteiger partial charge < -0.3 is 24.1 Å². The molecule has 0 amide bonds. The number of aliphatic hydroxyl groups excluding tert-OH is 1. The summed E-state index contributed by atoms with van der Waals surface area (Å²) >= 11 is 0.906. The number of aryl methyl sites for hydroxylation is 1. The zero-order valence-electron chi connectivity index (χ0n) is 20.0. The maximum absolute atomic E-state index is 12.0. The molecule has 37 heavy (non-hydrogen) atoms. The van der Waals surface area contributed by atoms with Gasteiger partial charge in [-0.3, -0.25) is 0 Å². The van der Waals surface area contributed by atoms with Crippen LogP contribution in [0.2, 0.25) is 0 Å². The van der Waals surface area contributed by atoms with Crippen molar-refractivity contribution in [1.29, 1.82) is 0 Å². The van der Waals surface area contributed by atoms with E-state index in [1.54, 1.807) is 43.3 Å².